The highest BCUT2D eigenvalue weighted by atomic mass is 16.5. The molecule has 106 valence electrons. The maximum absolute atomic E-state index is 11.7. The number of imidazole rings is 1. The van der Waals surface area contributed by atoms with Gasteiger partial charge in [0.25, 0.3) is 0 Å². The number of hydrogen-bond donors (Lipinski definition) is 1. The minimum atomic E-state index is -0.494. The molecule has 0 spiro atoms. The molecule has 0 bridgehead atoms. The van der Waals surface area contributed by atoms with Gasteiger partial charge in [-0.2, -0.15) is 0 Å². The molecule has 0 saturated carbocycles. The summed E-state index contributed by atoms with van der Waals surface area (Å²) in [6.07, 6.45) is 3.70. The average molecular weight is 273 g/mol. The van der Waals surface area contributed by atoms with Crippen LogP contribution in [0.25, 0.3) is 5.69 Å². The van der Waals surface area contributed by atoms with E-state index in [0.717, 1.165) is 18.5 Å². The molecule has 0 fully saturated rings. The van der Waals surface area contributed by atoms with Crippen LogP contribution in [0.15, 0.2) is 30.6 Å². The Hall–Kier alpha value is -2.30. The molecule has 1 aromatic heterocycles. The zero-order chi connectivity index (χ0) is 14.5. The van der Waals surface area contributed by atoms with Crippen molar-refractivity contribution in [3.8, 4) is 5.69 Å². The van der Waals surface area contributed by atoms with Crippen LogP contribution >= 0.6 is 0 Å². The summed E-state index contributed by atoms with van der Waals surface area (Å²) in [5.41, 5.74) is 8.28. The van der Waals surface area contributed by atoms with Crippen LogP contribution in [0.4, 0.5) is 5.82 Å². The van der Waals surface area contributed by atoms with Crippen LogP contribution in [-0.4, -0.2) is 22.1 Å². The second kappa shape index (κ2) is 6.23. The van der Waals surface area contributed by atoms with Gasteiger partial charge in [-0.3, -0.25) is 4.57 Å². The predicted octanol–water partition coefficient (Wildman–Crippen LogP) is 2.58. The topological polar surface area (TPSA) is 70.1 Å². The van der Waals surface area contributed by atoms with E-state index in [0.29, 0.717) is 12.4 Å². The number of aromatic nitrogens is 2. The van der Waals surface area contributed by atoms with Crippen LogP contribution in [0.1, 0.15) is 36.3 Å². The maximum Gasteiger partial charge on any atom is 0.360 e. The van der Waals surface area contributed by atoms with Gasteiger partial charge in [-0.15, -0.1) is 0 Å². The first-order chi connectivity index (χ1) is 9.67. The van der Waals surface area contributed by atoms with E-state index in [2.05, 4.69) is 24.0 Å². The number of esters is 1. The molecule has 0 aliphatic carbocycles. The molecule has 0 amide bonds. The molecule has 0 saturated heterocycles. The fourth-order valence-electron chi connectivity index (χ4n) is 2.03. The average Bonchev–Trinajstić information content (AvgIpc) is 2.82. The van der Waals surface area contributed by atoms with Gasteiger partial charge in [0.1, 0.15) is 12.1 Å². The normalized spacial score (nSPS) is 10.5. The number of nitrogens with zero attached hydrogens (tertiary/aromatic N) is 2. The second-order valence-corrected chi connectivity index (χ2v) is 4.49. The van der Waals surface area contributed by atoms with E-state index < -0.39 is 5.97 Å². The van der Waals surface area contributed by atoms with Crippen LogP contribution < -0.4 is 5.73 Å². The highest BCUT2D eigenvalue weighted by Crippen LogP contribution is 2.18. The smallest absolute Gasteiger partial charge is 0.360 e. The molecule has 5 nitrogen and oxygen atoms in total. The molecule has 20 heavy (non-hydrogen) atoms. The maximum atomic E-state index is 11.7. The zero-order valence-electron chi connectivity index (χ0n) is 11.8. The monoisotopic (exact) mass is 273 g/mol. The first kappa shape index (κ1) is 14.1. The predicted molar refractivity (Wildman–Crippen MR) is 77.9 cm³/mol. The number of rotatable bonds is 5. The molecular weight excluding hydrogens is 254 g/mol. The number of benzene rings is 1. The van der Waals surface area contributed by atoms with Crippen molar-refractivity contribution in [2.45, 2.75) is 26.7 Å². The van der Waals surface area contributed by atoms with E-state index in [1.54, 1.807) is 11.5 Å². The summed E-state index contributed by atoms with van der Waals surface area (Å²) < 4.78 is 6.60. The standard InChI is InChI=1S/C15H19N3O2/c1-3-5-11-6-8-12(9-7-11)18-10-17-13(14(18)16)15(19)20-4-2/h6-10H,3-5,16H2,1-2H3. The first-order valence-corrected chi connectivity index (χ1v) is 6.76. The zero-order valence-corrected chi connectivity index (χ0v) is 11.8. The lowest BCUT2D eigenvalue weighted by Gasteiger charge is -2.07. The summed E-state index contributed by atoms with van der Waals surface area (Å²) in [5, 5.41) is 0. The molecule has 2 rings (SSSR count). The first-order valence-electron chi connectivity index (χ1n) is 6.76. The summed E-state index contributed by atoms with van der Waals surface area (Å²) in [7, 11) is 0. The van der Waals surface area contributed by atoms with Gasteiger partial charge >= 0.3 is 5.97 Å². The van der Waals surface area contributed by atoms with Crippen molar-refractivity contribution in [1.29, 1.82) is 0 Å². The largest absolute Gasteiger partial charge is 0.461 e. The fraction of sp³-hybridized carbons (Fsp3) is 0.333. The fourth-order valence-corrected chi connectivity index (χ4v) is 2.03. The minimum absolute atomic E-state index is 0.157. The minimum Gasteiger partial charge on any atom is -0.461 e. The van der Waals surface area contributed by atoms with Gasteiger partial charge in [0.15, 0.2) is 5.69 Å². The van der Waals surface area contributed by atoms with Crippen molar-refractivity contribution in [2.75, 3.05) is 12.3 Å². The molecule has 2 N–H and O–H groups in total. The molecule has 5 heteroatoms. The van der Waals surface area contributed by atoms with Crippen LogP contribution in [-0.2, 0) is 11.2 Å². The summed E-state index contributed by atoms with van der Waals surface area (Å²) >= 11 is 0. The summed E-state index contributed by atoms with van der Waals surface area (Å²) in [6, 6.07) is 8.06. The van der Waals surface area contributed by atoms with Crippen molar-refractivity contribution in [3.05, 3.63) is 41.9 Å². The Balaban J connectivity index is 2.27. The number of aryl methyl sites for hydroxylation is 1. The Morgan fingerprint density at radius 3 is 2.60 bits per heavy atom. The molecule has 2 aromatic rings. The van der Waals surface area contributed by atoms with Gasteiger partial charge < -0.3 is 10.5 Å². The van der Waals surface area contributed by atoms with Crippen molar-refractivity contribution >= 4 is 11.8 Å². The number of nitrogen functional groups attached to an aromatic ring is 1. The lowest BCUT2D eigenvalue weighted by Crippen LogP contribution is -2.09. The number of carbonyl (C=O) groups excluding carboxylic acids is 1. The Morgan fingerprint density at radius 1 is 1.30 bits per heavy atom. The van der Waals surface area contributed by atoms with E-state index in [1.165, 1.54) is 11.9 Å². The van der Waals surface area contributed by atoms with Gasteiger partial charge in [-0.25, -0.2) is 9.78 Å². The van der Waals surface area contributed by atoms with Crippen molar-refractivity contribution in [3.63, 3.8) is 0 Å². The third-order valence-electron chi connectivity index (χ3n) is 3.03. The molecule has 0 radical (unpaired) electrons. The van der Waals surface area contributed by atoms with Crippen LogP contribution in [0.5, 0.6) is 0 Å². The number of nitrogens with two attached hydrogens (primary N) is 1. The van der Waals surface area contributed by atoms with Crippen LogP contribution in [0.3, 0.4) is 0 Å². The number of carbonyl (C=O) groups is 1. The van der Waals surface area contributed by atoms with Crippen molar-refractivity contribution in [2.24, 2.45) is 0 Å². The summed E-state index contributed by atoms with van der Waals surface area (Å²) in [4.78, 5) is 15.7. The number of ether oxygens (including phenoxy) is 1. The SMILES string of the molecule is CCCc1ccc(-n2cnc(C(=O)OCC)c2N)cc1. The van der Waals surface area contributed by atoms with Crippen molar-refractivity contribution in [1.82, 2.24) is 9.55 Å². The summed E-state index contributed by atoms with van der Waals surface area (Å²) in [6.45, 7) is 4.20. The highest BCUT2D eigenvalue weighted by molar-refractivity contribution is 5.92. The molecule has 1 aromatic carbocycles. The Labute approximate surface area is 118 Å². The van der Waals surface area contributed by atoms with Gasteiger partial charge in [0, 0.05) is 5.69 Å². The molecule has 0 unspecified atom stereocenters. The van der Waals surface area contributed by atoms with E-state index in [9.17, 15) is 4.79 Å². The Kier molecular flexibility index (Phi) is 4.40. The Morgan fingerprint density at radius 2 is 2.00 bits per heavy atom. The number of hydrogen-bond acceptors (Lipinski definition) is 4. The third kappa shape index (κ3) is 2.82. The van der Waals surface area contributed by atoms with E-state index in [4.69, 9.17) is 10.5 Å². The highest BCUT2D eigenvalue weighted by Gasteiger charge is 2.17. The van der Waals surface area contributed by atoms with Gasteiger partial charge in [0.2, 0.25) is 0 Å². The second-order valence-electron chi connectivity index (χ2n) is 4.49. The van der Waals surface area contributed by atoms with Crippen molar-refractivity contribution < 1.29 is 9.53 Å². The lowest BCUT2D eigenvalue weighted by molar-refractivity contribution is 0.0521. The quantitative estimate of drug-likeness (QED) is 0.850. The number of anilines is 1. The Bertz CT molecular complexity index is 588. The molecule has 0 aliphatic rings. The van der Waals surface area contributed by atoms with Gasteiger partial charge in [0.05, 0.1) is 6.61 Å². The van der Waals surface area contributed by atoms with E-state index in [-0.39, 0.29) is 5.69 Å². The van der Waals surface area contributed by atoms with E-state index >= 15 is 0 Å². The molecular formula is C15H19N3O2. The van der Waals surface area contributed by atoms with Crippen LogP contribution in [0, 0.1) is 0 Å². The third-order valence-corrected chi connectivity index (χ3v) is 3.03. The summed E-state index contributed by atoms with van der Waals surface area (Å²) in [5.74, 6) is -0.196. The molecule has 0 aliphatic heterocycles. The van der Waals surface area contributed by atoms with E-state index in [1.807, 2.05) is 12.1 Å². The lowest BCUT2D eigenvalue weighted by atomic mass is 10.1. The van der Waals surface area contributed by atoms with Gasteiger partial charge in [-0.05, 0) is 31.0 Å². The molecule has 1 heterocycles. The van der Waals surface area contributed by atoms with Crippen LogP contribution in [0.2, 0.25) is 0 Å². The molecule has 0 atom stereocenters. The van der Waals surface area contributed by atoms with Gasteiger partial charge in [-0.1, -0.05) is 25.5 Å².